The lowest BCUT2D eigenvalue weighted by Crippen LogP contribution is -2.26. The van der Waals surface area contributed by atoms with E-state index >= 15 is 0 Å². The molecule has 1 aliphatic rings. The molecule has 0 spiro atoms. The van der Waals surface area contributed by atoms with Crippen LogP contribution < -0.4 is 5.32 Å². The van der Waals surface area contributed by atoms with Crippen molar-refractivity contribution in [3.8, 4) is 0 Å². The third-order valence-electron chi connectivity index (χ3n) is 1.35. The minimum Gasteiger partial charge on any atom is -0.379 e. The molecule has 1 fully saturated rings. The number of aliphatic hydroxyl groups is 1. The van der Waals surface area contributed by atoms with Gasteiger partial charge >= 0.3 is 0 Å². The lowest BCUT2D eigenvalue weighted by molar-refractivity contribution is 0.156. The fourth-order valence-corrected chi connectivity index (χ4v) is 0.903. The maximum absolute atomic E-state index is 8.79. The van der Waals surface area contributed by atoms with Crippen molar-refractivity contribution in [3.05, 3.63) is 0 Å². The van der Waals surface area contributed by atoms with Crippen LogP contribution in [0.4, 0.5) is 0 Å². The van der Waals surface area contributed by atoms with Crippen LogP contribution in [0.1, 0.15) is 19.8 Å². The number of hydrogen-bond acceptors (Lipinski definition) is 2. The van der Waals surface area contributed by atoms with Gasteiger partial charge in [0.1, 0.15) is 6.23 Å². The van der Waals surface area contributed by atoms with Gasteiger partial charge < -0.3 is 5.11 Å². The third-order valence-corrected chi connectivity index (χ3v) is 1.35. The first-order valence-electron chi connectivity index (χ1n) is 2.73. The van der Waals surface area contributed by atoms with E-state index in [4.69, 9.17) is 5.11 Å². The average Bonchev–Trinajstić information content (AvgIpc) is 1.87. The standard InChI is InChI=1S/C5H11NO/c1-4-2-3-5(7)6-4/h4-7H,2-3H2,1H3/t4?,5-/m0/s1. The van der Waals surface area contributed by atoms with Gasteiger partial charge in [0.2, 0.25) is 0 Å². The summed E-state index contributed by atoms with van der Waals surface area (Å²) in [5.74, 6) is 0. The van der Waals surface area contributed by atoms with Crippen molar-refractivity contribution in [1.82, 2.24) is 5.32 Å². The van der Waals surface area contributed by atoms with Gasteiger partial charge in [-0.3, -0.25) is 5.32 Å². The summed E-state index contributed by atoms with van der Waals surface area (Å²) in [6, 6.07) is 0.523. The summed E-state index contributed by atoms with van der Waals surface area (Å²) in [5.41, 5.74) is 0. The Hall–Kier alpha value is -0.0800. The molecule has 2 nitrogen and oxygen atoms in total. The number of nitrogens with one attached hydrogen (secondary N) is 1. The molecular formula is C5H11NO. The van der Waals surface area contributed by atoms with E-state index in [9.17, 15) is 0 Å². The van der Waals surface area contributed by atoms with Crippen LogP contribution in [-0.2, 0) is 0 Å². The molecule has 1 aliphatic heterocycles. The highest BCUT2D eigenvalue weighted by Crippen LogP contribution is 2.07. The Labute approximate surface area is 43.5 Å². The van der Waals surface area contributed by atoms with E-state index in [1.807, 2.05) is 0 Å². The number of rotatable bonds is 0. The Morgan fingerprint density at radius 2 is 2.29 bits per heavy atom. The second-order valence-electron chi connectivity index (χ2n) is 2.16. The Morgan fingerprint density at radius 1 is 1.57 bits per heavy atom. The maximum Gasteiger partial charge on any atom is 0.105 e. The molecule has 0 aromatic heterocycles. The summed E-state index contributed by atoms with van der Waals surface area (Å²) >= 11 is 0. The quantitative estimate of drug-likeness (QED) is 0.453. The molecule has 1 rings (SSSR count). The van der Waals surface area contributed by atoms with Gasteiger partial charge in [0.05, 0.1) is 0 Å². The molecule has 0 saturated carbocycles. The van der Waals surface area contributed by atoms with Crippen LogP contribution in [0.5, 0.6) is 0 Å². The molecule has 1 saturated heterocycles. The smallest absolute Gasteiger partial charge is 0.105 e. The van der Waals surface area contributed by atoms with Gasteiger partial charge in [0.25, 0.3) is 0 Å². The van der Waals surface area contributed by atoms with Gasteiger partial charge in [-0.2, -0.15) is 0 Å². The van der Waals surface area contributed by atoms with Crippen molar-refractivity contribution in [1.29, 1.82) is 0 Å². The first-order chi connectivity index (χ1) is 3.29. The molecule has 0 aliphatic carbocycles. The van der Waals surface area contributed by atoms with E-state index < -0.39 is 0 Å². The molecule has 2 N–H and O–H groups in total. The molecule has 0 radical (unpaired) electrons. The molecule has 0 aromatic carbocycles. The predicted molar refractivity (Wildman–Crippen MR) is 27.8 cm³/mol. The van der Waals surface area contributed by atoms with Gasteiger partial charge in [0.15, 0.2) is 0 Å². The van der Waals surface area contributed by atoms with Crippen molar-refractivity contribution >= 4 is 0 Å². The average molecular weight is 101 g/mol. The van der Waals surface area contributed by atoms with Crippen LogP contribution >= 0.6 is 0 Å². The molecule has 42 valence electrons. The van der Waals surface area contributed by atoms with E-state index in [2.05, 4.69) is 12.2 Å². The first kappa shape index (κ1) is 5.06. The third kappa shape index (κ3) is 1.14. The van der Waals surface area contributed by atoms with Gasteiger partial charge in [-0.25, -0.2) is 0 Å². The zero-order chi connectivity index (χ0) is 5.28. The van der Waals surface area contributed by atoms with E-state index in [-0.39, 0.29) is 6.23 Å². The lowest BCUT2D eigenvalue weighted by atomic mass is 10.3. The van der Waals surface area contributed by atoms with Gasteiger partial charge in [-0.05, 0) is 19.8 Å². The minimum absolute atomic E-state index is 0.227. The Balaban J connectivity index is 2.26. The van der Waals surface area contributed by atoms with Crippen LogP contribution in [0.3, 0.4) is 0 Å². The largest absolute Gasteiger partial charge is 0.379 e. The van der Waals surface area contributed by atoms with E-state index in [0.29, 0.717) is 6.04 Å². The molecule has 0 aromatic rings. The predicted octanol–water partition coefficient (Wildman–Crippen LogP) is 0.0767. The van der Waals surface area contributed by atoms with Crippen LogP contribution in [0.15, 0.2) is 0 Å². The van der Waals surface area contributed by atoms with Crippen molar-refractivity contribution in [2.24, 2.45) is 0 Å². The topological polar surface area (TPSA) is 32.3 Å². The minimum atomic E-state index is -0.227. The zero-order valence-electron chi connectivity index (χ0n) is 4.52. The number of aliphatic hydroxyl groups excluding tert-OH is 1. The highest BCUT2D eigenvalue weighted by atomic mass is 16.3. The molecule has 2 atom stereocenters. The monoisotopic (exact) mass is 101 g/mol. The highest BCUT2D eigenvalue weighted by Gasteiger charge is 2.15. The van der Waals surface area contributed by atoms with Crippen LogP contribution in [-0.4, -0.2) is 17.4 Å². The van der Waals surface area contributed by atoms with E-state index in [0.717, 1.165) is 12.8 Å². The molecule has 7 heavy (non-hydrogen) atoms. The number of hydrogen-bond donors (Lipinski definition) is 2. The summed E-state index contributed by atoms with van der Waals surface area (Å²) in [6.07, 6.45) is 1.80. The van der Waals surface area contributed by atoms with E-state index in [1.54, 1.807) is 0 Å². The first-order valence-corrected chi connectivity index (χ1v) is 2.73. The van der Waals surface area contributed by atoms with Crippen molar-refractivity contribution in [2.75, 3.05) is 0 Å². The molecule has 1 unspecified atom stereocenters. The summed E-state index contributed by atoms with van der Waals surface area (Å²) in [7, 11) is 0. The molecule has 0 amide bonds. The Bertz CT molecular complexity index is 57.1. The SMILES string of the molecule is CC1CC[C@H](O)N1. The molecule has 0 bridgehead atoms. The van der Waals surface area contributed by atoms with Gasteiger partial charge in [0, 0.05) is 6.04 Å². The second kappa shape index (κ2) is 1.80. The van der Waals surface area contributed by atoms with Crippen molar-refractivity contribution in [2.45, 2.75) is 32.0 Å². The summed E-state index contributed by atoms with van der Waals surface area (Å²) in [6.45, 7) is 2.08. The summed E-state index contributed by atoms with van der Waals surface area (Å²) < 4.78 is 0. The molecule has 2 heteroatoms. The highest BCUT2D eigenvalue weighted by molar-refractivity contribution is 4.71. The van der Waals surface area contributed by atoms with Gasteiger partial charge in [-0.1, -0.05) is 0 Å². The van der Waals surface area contributed by atoms with Crippen LogP contribution in [0.25, 0.3) is 0 Å². The maximum atomic E-state index is 8.79. The lowest BCUT2D eigenvalue weighted by Gasteiger charge is -2.01. The summed E-state index contributed by atoms with van der Waals surface area (Å²) in [5, 5.41) is 11.8. The van der Waals surface area contributed by atoms with Crippen molar-refractivity contribution < 1.29 is 5.11 Å². The molecule has 1 heterocycles. The Kier molecular flexibility index (Phi) is 1.30. The normalized spacial score (nSPS) is 42.0. The fourth-order valence-electron chi connectivity index (χ4n) is 0.903. The Morgan fingerprint density at radius 3 is 2.43 bits per heavy atom. The summed E-state index contributed by atoms with van der Waals surface area (Å²) in [4.78, 5) is 0. The van der Waals surface area contributed by atoms with Crippen molar-refractivity contribution in [3.63, 3.8) is 0 Å². The zero-order valence-corrected chi connectivity index (χ0v) is 4.52. The fraction of sp³-hybridized carbons (Fsp3) is 1.00. The van der Waals surface area contributed by atoms with E-state index in [1.165, 1.54) is 0 Å². The molecular weight excluding hydrogens is 90.1 g/mol. The van der Waals surface area contributed by atoms with Gasteiger partial charge in [-0.15, -0.1) is 0 Å². The van der Waals surface area contributed by atoms with Crippen LogP contribution in [0, 0.1) is 0 Å². The second-order valence-corrected chi connectivity index (χ2v) is 2.16. The van der Waals surface area contributed by atoms with Crippen LogP contribution in [0.2, 0.25) is 0 Å².